The van der Waals surface area contributed by atoms with Crippen LogP contribution in [0, 0.1) is 26.7 Å². The molecule has 25 heavy (non-hydrogen) atoms. The number of ether oxygens (including phenoxy) is 1. The fraction of sp³-hybridized carbons (Fsp3) is 0.550. The van der Waals surface area contributed by atoms with Crippen molar-refractivity contribution in [1.82, 2.24) is 9.88 Å². The summed E-state index contributed by atoms with van der Waals surface area (Å²) < 4.78 is 11.4. The predicted molar refractivity (Wildman–Crippen MR) is 99.8 cm³/mol. The molecule has 0 saturated carbocycles. The Morgan fingerprint density at radius 1 is 1.28 bits per heavy atom. The number of piperidine rings is 1. The molecule has 1 aliphatic heterocycles. The van der Waals surface area contributed by atoms with E-state index in [2.05, 4.69) is 17.9 Å². The number of nitrogens with two attached hydrogens (primary N) is 1. The minimum atomic E-state index is 0.604. The number of hydrogen-bond acceptors (Lipinski definition) is 5. The molecule has 1 saturated heterocycles. The predicted octanol–water partition coefficient (Wildman–Crippen LogP) is 3.45. The number of rotatable bonds is 5. The third kappa shape index (κ3) is 3.88. The fourth-order valence-electron chi connectivity index (χ4n) is 3.63. The third-order valence-corrected chi connectivity index (χ3v) is 5.17. The quantitative estimate of drug-likeness (QED) is 0.901. The van der Waals surface area contributed by atoms with E-state index in [4.69, 9.17) is 19.9 Å². The summed E-state index contributed by atoms with van der Waals surface area (Å²) in [5.41, 5.74) is 10.1. The lowest BCUT2D eigenvalue weighted by Crippen LogP contribution is -2.38. The molecule has 1 aliphatic rings. The monoisotopic (exact) mass is 343 g/mol. The molecule has 136 valence electrons. The van der Waals surface area contributed by atoms with Gasteiger partial charge >= 0.3 is 0 Å². The van der Waals surface area contributed by atoms with Crippen molar-refractivity contribution in [3.05, 3.63) is 34.7 Å². The van der Waals surface area contributed by atoms with Gasteiger partial charge in [0.15, 0.2) is 0 Å². The Kier molecular flexibility index (Phi) is 5.45. The van der Waals surface area contributed by atoms with Gasteiger partial charge in [-0.25, -0.2) is 4.98 Å². The highest BCUT2D eigenvalue weighted by atomic mass is 16.5. The van der Waals surface area contributed by atoms with Crippen molar-refractivity contribution >= 4 is 0 Å². The molecule has 1 aromatic carbocycles. The standard InChI is InChI=1S/C20H29N3O2/c1-13-9-19(24-4)14(2)8-17(13)20-22-18(15(3)25-20)12-23-7-5-6-16(10-21)11-23/h8-9,16H,5-7,10-12,21H2,1-4H3/t16-/m1/s1. The Bertz CT molecular complexity index is 739. The Hall–Kier alpha value is -1.85. The minimum absolute atomic E-state index is 0.604. The number of nitrogens with zero attached hydrogens (tertiary/aromatic N) is 2. The van der Waals surface area contributed by atoms with Gasteiger partial charge in [-0.3, -0.25) is 4.90 Å². The van der Waals surface area contributed by atoms with Gasteiger partial charge in [0.2, 0.25) is 5.89 Å². The molecule has 0 unspecified atom stereocenters. The van der Waals surface area contributed by atoms with Crippen LogP contribution >= 0.6 is 0 Å². The summed E-state index contributed by atoms with van der Waals surface area (Å²) in [7, 11) is 1.70. The highest BCUT2D eigenvalue weighted by Gasteiger charge is 2.22. The molecule has 0 aliphatic carbocycles. The summed E-state index contributed by atoms with van der Waals surface area (Å²) >= 11 is 0. The summed E-state index contributed by atoms with van der Waals surface area (Å²) in [6.07, 6.45) is 2.45. The first-order valence-electron chi connectivity index (χ1n) is 9.06. The van der Waals surface area contributed by atoms with Crippen LogP contribution in [-0.4, -0.2) is 36.6 Å². The number of likely N-dealkylation sites (tertiary alicyclic amines) is 1. The van der Waals surface area contributed by atoms with Crippen LogP contribution in [0.2, 0.25) is 0 Å². The smallest absolute Gasteiger partial charge is 0.226 e. The van der Waals surface area contributed by atoms with Crippen LogP contribution in [0.4, 0.5) is 0 Å². The van der Waals surface area contributed by atoms with Crippen molar-refractivity contribution in [2.45, 2.75) is 40.2 Å². The van der Waals surface area contributed by atoms with E-state index in [0.29, 0.717) is 11.8 Å². The molecular formula is C20H29N3O2. The maximum Gasteiger partial charge on any atom is 0.226 e. The second kappa shape index (κ2) is 7.58. The van der Waals surface area contributed by atoms with Gasteiger partial charge in [-0.05, 0) is 75.9 Å². The summed E-state index contributed by atoms with van der Waals surface area (Å²) in [6.45, 7) is 9.87. The highest BCUT2D eigenvalue weighted by Crippen LogP contribution is 2.31. The number of aromatic nitrogens is 1. The lowest BCUT2D eigenvalue weighted by Gasteiger charge is -2.31. The van der Waals surface area contributed by atoms with Gasteiger partial charge in [0.05, 0.1) is 12.8 Å². The summed E-state index contributed by atoms with van der Waals surface area (Å²) in [5.74, 6) is 3.10. The van der Waals surface area contributed by atoms with Crippen molar-refractivity contribution in [2.75, 3.05) is 26.7 Å². The molecule has 1 fully saturated rings. The Labute approximate surface area is 150 Å². The average Bonchev–Trinajstić information content (AvgIpc) is 2.97. The van der Waals surface area contributed by atoms with E-state index in [1.807, 2.05) is 19.9 Å². The first kappa shape index (κ1) is 18.0. The molecule has 1 aromatic heterocycles. The topological polar surface area (TPSA) is 64.5 Å². The fourth-order valence-corrected chi connectivity index (χ4v) is 3.63. The molecule has 5 nitrogen and oxygen atoms in total. The van der Waals surface area contributed by atoms with Crippen LogP contribution in [-0.2, 0) is 6.54 Å². The summed E-state index contributed by atoms with van der Waals surface area (Å²) in [4.78, 5) is 7.25. The first-order valence-corrected chi connectivity index (χ1v) is 9.06. The average molecular weight is 343 g/mol. The molecule has 1 atom stereocenters. The van der Waals surface area contributed by atoms with Crippen LogP contribution in [0.1, 0.15) is 35.4 Å². The van der Waals surface area contributed by atoms with E-state index in [9.17, 15) is 0 Å². The van der Waals surface area contributed by atoms with Gasteiger partial charge in [-0.15, -0.1) is 0 Å². The van der Waals surface area contributed by atoms with Crippen molar-refractivity contribution in [3.8, 4) is 17.2 Å². The largest absolute Gasteiger partial charge is 0.496 e. The molecule has 2 aromatic rings. The van der Waals surface area contributed by atoms with E-state index < -0.39 is 0 Å². The first-order chi connectivity index (χ1) is 12.0. The van der Waals surface area contributed by atoms with E-state index in [-0.39, 0.29) is 0 Å². The Balaban J connectivity index is 1.82. The van der Waals surface area contributed by atoms with Crippen molar-refractivity contribution in [3.63, 3.8) is 0 Å². The van der Waals surface area contributed by atoms with Crippen LogP contribution in [0.15, 0.2) is 16.5 Å². The van der Waals surface area contributed by atoms with Gasteiger partial charge < -0.3 is 14.9 Å². The zero-order chi connectivity index (χ0) is 18.0. The second-order valence-electron chi connectivity index (χ2n) is 7.14. The lowest BCUT2D eigenvalue weighted by atomic mass is 9.98. The number of benzene rings is 1. The number of oxazole rings is 1. The highest BCUT2D eigenvalue weighted by molar-refractivity contribution is 5.62. The molecule has 2 N–H and O–H groups in total. The molecule has 0 radical (unpaired) electrons. The second-order valence-corrected chi connectivity index (χ2v) is 7.14. The van der Waals surface area contributed by atoms with E-state index in [1.54, 1.807) is 7.11 Å². The zero-order valence-corrected chi connectivity index (χ0v) is 15.8. The number of hydrogen-bond donors (Lipinski definition) is 1. The molecule has 0 bridgehead atoms. The maximum absolute atomic E-state index is 6.00. The van der Waals surface area contributed by atoms with E-state index in [0.717, 1.165) is 60.1 Å². The summed E-state index contributed by atoms with van der Waals surface area (Å²) in [5, 5.41) is 0. The zero-order valence-electron chi connectivity index (χ0n) is 15.8. The van der Waals surface area contributed by atoms with Crippen LogP contribution in [0.3, 0.4) is 0 Å². The molecule has 2 heterocycles. The van der Waals surface area contributed by atoms with E-state index in [1.165, 1.54) is 12.8 Å². The third-order valence-electron chi connectivity index (χ3n) is 5.17. The lowest BCUT2D eigenvalue weighted by molar-refractivity contribution is 0.169. The molecule has 0 amide bonds. The molecular weight excluding hydrogens is 314 g/mol. The van der Waals surface area contributed by atoms with E-state index >= 15 is 0 Å². The van der Waals surface area contributed by atoms with Gasteiger partial charge in [-0.1, -0.05) is 0 Å². The number of methoxy groups -OCH3 is 1. The molecule has 0 spiro atoms. The SMILES string of the molecule is COc1cc(C)c(-c2nc(CN3CCC[C@H](CN)C3)c(C)o2)cc1C. The normalized spacial score (nSPS) is 18.5. The number of aryl methyl sites for hydroxylation is 3. The minimum Gasteiger partial charge on any atom is -0.496 e. The Morgan fingerprint density at radius 3 is 2.80 bits per heavy atom. The van der Waals surface area contributed by atoms with Crippen molar-refractivity contribution < 1.29 is 9.15 Å². The van der Waals surface area contributed by atoms with Crippen molar-refractivity contribution in [2.24, 2.45) is 11.7 Å². The molecule has 3 rings (SSSR count). The van der Waals surface area contributed by atoms with Crippen molar-refractivity contribution in [1.29, 1.82) is 0 Å². The van der Waals surface area contributed by atoms with Crippen LogP contribution < -0.4 is 10.5 Å². The Morgan fingerprint density at radius 2 is 2.08 bits per heavy atom. The van der Waals surface area contributed by atoms with Gasteiger partial charge in [0.25, 0.3) is 0 Å². The van der Waals surface area contributed by atoms with Gasteiger partial charge in [-0.2, -0.15) is 0 Å². The van der Waals surface area contributed by atoms with Crippen LogP contribution in [0.5, 0.6) is 5.75 Å². The summed E-state index contributed by atoms with van der Waals surface area (Å²) in [6, 6.07) is 4.13. The van der Waals surface area contributed by atoms with Gasteiger partial charge in [0.1, 0.15) is 11.5 Å². The van der Waals surface area contributed by atoms with Gasteiger partial charge in [0, 0.05) is 18.7 Å². The maximum atomic E-state index is 6.00. The van der Waals surface area contributed by atoms with Crippen LogP contribution in [0.25, 0.3) is 11.5 Å². The molecule has 5 heteroatoms.